The second-order valence-electron chi connectivity index (χ2n) is 5.15. The number of anilines is 3. The van der Waals surface area contributed by atoms with Gasteiger partial charge >= 0.3 is 0 Å². The van der Waals surface area contributed by atoms with E-state index in [9.17, 15) is 14.0 Å². The fourth-order valence-electron chi connectivity index (χ4n) is 2.02. The maximum atomic E-state index is 13.6. The van der Waals surface area contributed by atoms with Crippen LogP contribution in [-0.2, 0) is 4.79 Å². The minimum atomic E-state index is -0.579. The summed E-state index contributed by atoms with van der Waals surface area (Å²) in [4.78, 5) is 23.3. The number of amides is 2. The molecular formula is C16H14FN5O2S3. The number of carbonyl (C=O) groups excluding carboxylic acids is 2. The zero-order valence-electron chi connectivity index (χ0n) is 13.8. The van der Waals surface area contributed by atoms with Gasteiger partial charge in [0.05, 0.1) is 11.3 Å². The molecule has 0 fully saturated rings. The molecule has 140 valence electrons. The molecule has 27 heavy (non-hydrogen) atoms. The highest BCUT2D eigenvalue weighted by atomic mass is 32.2. The third-order valence-corrected chi connectivity index (χ3v) is 6.06. The van der Waals surface area contributed by atoms with Gasteiger partial charge in [0.1, 0.15) is 10.8 Å². The second kappa shape index (κ2) is 8.93. The molecule has 0 bridgehead atoms. The molecule has 0 radical (unpaired) electrons. The Labute approximate surface area is 166 Å². The van der Waals surface area contributed by atoms with Crippen molar-refractivity contribution >= 4 is 62.1 Å². The number of halogens is 1. The topological polar surface area (TPSA) is 110 Å². The van der Waals surface area contributed by atoms with E-state index >= 15 is 0 Å². The number of para-hydroxylation sites is 1. The number of carbonyl (C=O) groups is 2. The Morgan fingerprint density at radius 3 is 2.81 bits per heavy atom. The van der Waals surface area contributed by atoms with Crippen LogP contribution >= 0.6 is 34.4 Å². The number of primary amides is 1. The van der Waals surface area contributed by atoms with Crippen LogP contribution in [0.2, 0.25) is 0 Å². The predicted molar refractivity (Wildman–Crippen MR) is 106 cm³/mol. The lowest BCUT2D eigenvalue weighted by atomic mass is 10.3. The normalized spacial score (nSPS) is 10.6. The lowest BCUT2D eigenvalue weighted by Crippen LogP contribution is -2.16. The first-order valence-electron chi connectivity index (χ1n) is 7.68. The molecule has 0 aliphatic carbocycles. The maximum absolute atomic E-state index is 13.6. The molecule has 0 atom stereocenters. The van der Waals surface area contributed by atoms with Crippen molar-refractivity contribution in [3.05, 3.63) is 47.1 Å². The van der Waals surface area contributed by atoms with Crippen LogP contribution in [0.25, 0.3) is 0 Å². The number of benzene rings is 1. The van der Waals surface area contributed by atoms with Crippen molar-refractivity contribution in [3.8, 4) is 0 Å². The second-order valence-corrected chi connectivity index (χ2v) is 8.39. The van der Waals surface area contributed by atoms with Crippen LogP contribution in [0.4, 0.5) is 20.2 Å². The Morgan fingerprint density at radius 2 is 2.04 bits per heavy atom. The highest BCUT2D eigenvalue weighted by molar-refractivity contribution is 8.01. The van der Waals surface area contributed by atoms with Crippen molar-refractivity contribution in [1.82, 2.24) is 10.2 Å². The Bertz CT molecular complexity index is 959. The minimum Gasteiger partial charge on any atom is -0.366 e. The number of hydrogen-bond acceptors (Lipinski definition) is 8. The summed E-state index contributed by atoms with van der Waals surface area (Å²) >= 11 is 3.88. The van der Waals surface area contributed by atoms with E-state index in [0.717, 1.165) is 0 Å². The van der Waals surface area contributed by atoms with E-state index < -0.39 is 5.91 Å². The first-order valence-corrected chi connectivity index (χ1v) is 10.4. The zero-order valence-corrected chi connectivity index (χ0v) is 16.2. The van der Waals surface area contributed by atoms with Crippen LogP contribution in [-0.4, -0.2) is 27.8 Å². The molecule has 7 nitrogen and oxygen atoms in total. The first kappa shape index (κ1) is 19.3. The van der Waals surface area contributed by atoms with E-state index in [1.54, 1.807) is 29.6 Å². The Kier molecular flexibility index (Phi) is 6.37. The predicted octanol–water partition coefficient (Wildman–Crippen LogP) is 3.70. The van der Waals surface area contributed by atoms with E-state index in [-0.39, 0.29) is 18.1 Å². The standard InChI is InChI=1S/C16H14FN5O2S3/c17-10-3-1-2-4-11(10)19-15-21-22-16(27-15)26-8-6-12(23)20-14-9(13(18)24)5-7-25-14/h1-5,7H,6,8H2,(H2,18,24)(H,19,21)(H,20,23). The van der Waals surface area contributed by atoms with Crippen LogP contribution in [0, 0.1) is 5.82 Å². The van der Waals surface area contributed by atoms with Crippen molar-refractivity contribution < 1.29 is 14.0 Å². The Balaban J connectivity index is 1.47. The molecule has 2 aromatic heterocycles. The molecule has 0 saturated carbocycles. The van der Waals surface area contributed by atoms with Crippen molar-refractivity contribution in [2.45, 2.75) is 10.8 Å². The molecule has 3 rings (SSSR count). The van der Waals surface area contributed by atoms with Crippen LogP contribution in [0.5, 0.6) is 0 Å². The first-order chi connectivity index (χ1) is 13.0. The van der Waals surface area contributed by atoms with Gasteiger partial charge in [-0.15, -0.1) is 21.5 Å². The summed E-state index contributed by atoms with van der Waals surface area (Å²) in [6.45, 7) is 0. The number of rotatable bonds is 8. The fraction of sp³-hybridized carbons (Fsp3) is 0.125. The van der Waals surface area contributed by atoms with Gasteiger partial charge in [0, 0.05) is 12.2 Å². The Morgan fingerprint density at radius 1 is 1.22 bits per heavy atom. The molecule has 2 amide bonds. The van der Waals surface area contributed by atoms with Gasteiger partial charge in [-0.3, -0.25) is 9.59 Å². The molecule has 2 heterocycles. The van der Waals surface area contributed by atoms with Gasteiger partial charge in [-0.1, -0.05) is 35.2 Å². The van der Waals surface area contributed by atoms with E-state index in [4.69, 9.17) is 5.73 Å². The largest absolute Gasteiger partial charge is 0.366 e. The van der Waals surface area contributed by atoms with Gasteiger partial charge in [0.25, 0.3) is 5.91 Å². The number of thioether (sulfide) groups is 1. The number of aromatic nitrogens is 2. The maximum Gasteiger partial charge on any atom is 0.251 e. The van der Waals surface area contributed by atoms with E-state index in [0.29, 0.717) is 31.5 Å². The summed E-state index contributed by atoms with van der Waals surface area (Å²) in [5.74, 6) is -0.689. The van der Waals surface area contributed by atoms with Crippen LogP contribution < -0.4 is 16.4 Å². The van der Waals surface area contributed by atoms with Gasteiger partial charge in [0.15, 0.2) is 4.34 Å². The van der Waals surface area contributed by atoms with E-state index in [2.05, 4.69) is 20.8 Å². The third kappa shape index (κ3) is 5.25. The molecule has 4 N–H and O–H groups in total. The van der Waals surface area contributed by atoms with Crippen molar-refractivity contribution in [3.63, 3.8) is 0 Å². The summed E-state index contributed by atoms with van der Waals surface area (Å²) < 4.78 is 14.3. The van der Waals surface area contributed by atoms with Gasteiger partial charge in [-0.2, -0.15) is 0 Å². The highest BCUT2D eigenvalue weighted by Gasteiger charge is 2.13. The third-order valence-electron chi connectivity index (χ3n) is 3.26. The molecular weight excluding hydrogens is 409 g/mol. The molecule has 1 aromatic carbocycles. The molecule has 0 aliphatic heterocycles. The summed E-state index contributed by atoms with van der Waals surface area (Å²) in [5, 5.41) is 16.1. The summed E-state index contributed by atoms with van der Waals surface area (Å²) in [5.41, 5.74) is 5.87. The smallest absolute Gasteiger partial charge is 0.251 e. The lowest BCUT2D eigenvalue weighted by molar-refractivity contribution is -0.115. The monoisotopic (exact) mass is 423 g/mol. The fourth-order valence-corrected chi connectivity index (χ4v) is 4.60. The lowest BCUT2D eigenvalue weighted by Gasteiger charge is -2.03. The molecule has 3 aromatic rings. The molecule has 0 saturated heterocycles. The van der Waals surface area contributed by atoms with Crippen molar-refractivity contribution in [2.24, 2.45) is 5.73 Å². The molecule has 0 aliphatic rings. The van der Waals surface area contributed by atoms with Crippen LogP contribution in [0.3, 0.4) is 0 Å². The molecule has 0 spiro atoms. The number of nitrogens with two attached hydrogens (primary N) is 1. The average molecular weight is 424 g/mol. The van der Waals surface area contributed by atoms with Gasteiger partial charge in [-0.25, -0.2) is 4.39 Å². The summed E-state index contributed by atoms with van der Waals surface area (Å²) in [6.07, 6.45) is 0.233. The zero-order chi connectivity index (χ0) is 19.2. The molecule has 11 heteroatoms. The Hall–Kier alpha value is -2.50. The van der Waals surface area contributed by atoms with Gasteiger partial charge in [-0.05, 0) is 23.6 Å². The van der Waals surface area contributed by atoms with Gasteiger partial charge in [0.2, 0.25) is 11.0 Å². The van der Waals surface area contributed by atoms with Crippen LogP contribution in [0.15, 0.2) is 40.1 Å². The average Bonchev–Trinajstić information content (AvgIpc) is 3.26. The highest BCUT2D eigenvalue weighted by Crippen LogP contribution is 2.29. The minimum absolute atomic E-state index is 0.221. The number of nitrogens with zero attached hydrogens (tertiary/aromatic N) is 2. The van der Waals surface area contributed by atoms with E-state index in [1.807, 2.05) is 0 Å². The number of hydrogen-bond donors (Lipinski definition) is 3. The summed E-state index contributed by atoms with van der Waals surface area (Å²) in [7, 11) is 0. The summed E-state index contributed by atoms with van der Waals surface area (Å²) in [6, 6.07) is 7.86. The van der Waals surface area contributed by atoms with E-state index in [1.165, 1.54) is 40.5 Å². The number of thiophene rings is 1. The van der Waals surface area contributed by atoms with Gasteiger partial charge < -0.3 is 16.4 Å². The SMILES string of the molecule is NC(=O)c1ccsc1NC(=O)CCSc1nnc(Nc2ccccc2F)s1. The number of nitrogens with one attached hydrogen (secondary N) is 2. The van der Waals surface area contributed by atoms with Crippen molar-refractivity contribution in [1.29, 1.82) is 0 Å². The quantitative estimate of drug-likeness (QED) is 0.477. The van der Waals surface area contributed by atoms with Crippen LogP contribution in [0.1, 0.15) is 16.8 Å². The van der Waals surface area contributed by atoms with Crippen molar-refractivity contribution in [2.75, 3.05) is 16.4 Å². The molecule has 0 unspecified atom stereocenters.